The van der Waals surface area contributed by atoms with E-state index in [4.69, 9.17) is 0 Å². The summed E-state index contributed by atoms with van der Waals surface area (Å²) in [6.45, 7) is 7.72. The Kier molecular flexibility index (Phi) is 6.91. The van der Waals surface area contributed by atoms with Crippen molar-refractivity contribution >= 4 is 0 Å². The molecule has 0 saturated carbocycles. The van der Waals surface area contributed by atoms with Gasteiger partial charge in [0.25, 0.3) is 0 Å². The predicted molar refractivity (Wildman–Crippen MR) is 75.2 cm³/mol. The summed E-state index contributed by atoms with van der Waals surface area (Å²) in [6.07, 6.45) is 2.24. The normalized spacial score (nSPS) is 12.9. The Morgan fingerprint density at radius 3 is 2.33 bits per heavy atom. The van der Waals surface area contributed by atoms with Crippen molar-refractivity contribution in [1.82, 2.24) is 10.2 Å². The van der Waals surface area contributed by atoms with Crippen LogP contribution >= 0.6 is 0 Å². The molecule has 1 aromatic rings. The molecule has 0 aliphatic heterocycles. The van der Waals surface area contributed by atoms with Gasteiger partial charge in [-0.1, -0.05) is 26.0 Å². The molecular weight excluding hydrogens is 227 g/mol. The largest absolute Gasteiger partial charge is 0.313 e. The molecule has 0 saturated heterocycles. The van der Waals surface area contributed by atoms with E-state index in [1.807, 2.05) is 19.2 Å². The Morgan fingerprint density at radius 2 is 1.83 bits per heavy atom. The summed E-state index contributed by atoms with van der Waals surface area (Å²) in [6, 6.07) is 7.10. The summed E-state index contributed by atoms with van der Waals surface area (Å²) < 4.78 is 12.9. The number of hydrogen-bond donors (Lipinski definition) is 1. The van der Waals surface area contributed by atoms with Crippen LogP contribution in [0, 0.1) is 5.82 Å². The number of hydrogen-bond acceptors (Lipinski definition) is 2. The molecule has 0 aliphatic carbocycles. The van der Waals surface area contributed by atoms with Crippen molar-refractivity contribution in [3.8, 4) is 0 Å². The van der Waals surface area contributed by atoms with Gasteiger partial charge in [0, 0.05) is 6.04 Å². The Bertz CT molecular complexity index is 324. The molecule has 3 heteroatoms. The fourth-order valence-electron chi connectivity index (χ4n) is 2.23. The van der Waals surface area contributed by atoms with Gasteiger partial charge in [-0.15, -0.1) is 0 Å². The van der Waals surface area contributed by atoms with Crippen molar-refractivity contribution in [2.45, 2.75) is 32.7 Å². The fraction of sp³-hybridized carbons (Fsp3) is 0.600. The molecule has 0 heterocycles. The van der Waals surface area contributed by atoms with Crippen molar-refractivity contribution < 1.29 is 4.39 Å². The summed E-state index contributed by atoms with van der Waals surface area (Å²) >= 11 is 0. The maximum atomic E-state index is 12.9. The van der Waals surface area contributed by atoms with Crippen molar-refractivity contribution in [2.75, 3.05) is 26.7 Å². The highest BCUT2D eigenvalue weighted by atomic mass is 19.1. The Balaban J connectivity index is 2.53. The predicted octanol–water partition coefficient (Wildman–Crippen LogP) is 3.21. The minimum absolute atomic E-state index is 0.172. The minimum Gasteiger partial charge on any atom is -0.313 e. The molecule has 0 fully saturated rings. The Hall–Kier alpha value is -0.930. The van der Waals surface area contributed by atoms with E-state index in [1.165, 1.54) is 18.6 Å². The van der Waals surface area contributed by atoms with Crippen LogP contribution in [0.3, 0.4) is 0 Å². The van der Waals surface area contributed by atoms with Gasteiger partial charge in [0.2, 0.25) is 0 Å². The van der Waals surface area contributed by atoms with E-state index in [0.29, 0.717) is 6.04 Å². The van der Waals surface area contributed by atoms with Gasteiger partial charge >= 0.3 is 0 Å². The van der Waals surface area contributed by atoms with E-state index < -0.39 is 0 Å². The van der Waals surface area contributed by atoms with Crippen LogP contribution in [0.4, 0.5) is 4.39 Å². The minimum atomic E-state index is -0.172. The monoisotopic (exact) mass is 252 g/mol. The zero-order valence-electron chi connectivity index (χ0n) is 11.7. The van der Waals surface area contributed by atoms with Gasteiger partial charge < -0.3 is 10.2 Å². The number of benzene rings is 1. The zero-order chi connectivity index (χ0) is 13.4. The standard InChI is InChI=1S/C15H25FN2/c1-4-11-18(5-2)12-10-15(17-3)13-6-8-14(16)9-7-13/h6-9,15,17H,4-5,10-12H2,1-3H3. The van der Waals surface area contributed by atoms with Gasteiger partial charge in [-0.25, -0.2) is 4.39 Å². The molecule has 0 radical (unpaired) electrons. The van der Waals surface area contributed by atoms with Crippen molar-refractivity contribution in [2.24, 2.45) is 0 Å². The van der Waals surface area contributed by atoms with Crippen LogP contribution in [0.5, 0.6) is 0 Å². The topological polar surface area (TPSA) is 15.3 Å². The number of rotatable bonds is 8. The molecule has 1 N–H and O–H groups in total. The number of nitrogens with zero attached hydrogens (tertiary/aromatic N) is 1. The second-order valence-electron chi connectivity index (χ2n) is 4.62. The maximum absolute atomic E-state index is 12.9. The molecule has 0 bridgehead atoms. The van der Waals surface area contributed by atoms with Crippen LogP contribution in [-0.2, 0) is 0 Å². The molecule has 0 aromatic heterocycles. The lowest BCUT2D eigenvalue weighted by Gasteiger charge is -2.23. The van der Waals surface area contributed by atoms with Crippen LogP contribution in [0.2, 0.25) is 0 Å². The number of nitrogens with one attached hydrogen (secondary N) is 1. The second kappa shape index (κ2) is 8.22. The van der Waals surface area contributed by atoms with E-state index in [2.05, 4.69) is 24.1 Å². The summed E-state index contributed by atoms with van der Waals surface area (Å²) in [5, 5.41) is 3.31. The molecule has 1 rings (SSSR count). The smallest absolute Gasteiger partial charge is 0.123 e. The van der Waals surface area contributed by atoms with Crippen LogP contribution in [0.1, 0.15) is 38.3 Å². The lowest BCUT2D eigenvalue weighted by atomic mass is 10.0. The van der Waals surface area contributed by atoms with Gasteiger partial charge in [-0.05, 0) is 57.2 Å². The van der Waals surface area contributed by atoms with Gasteiger partial charge in [0.1, 0.15) is 5.82 Å². The third-order valence-electron chi connectivity index (χ3n) is 3.34. The third kappa shape index (κ3) is 4.75. The van der Waals surface area contributed by atoms with Crippen LogP contribution in [0.15, 0.2) is 24.3 Å². The maximum Gasteiger partial charge on any atom is 0.123 e. The van der Waals surface area contributed by atoms with Crippen molar-refractivity contribution in [3.05, 3.63) is 35.6 Å². The van der Waals surface area contributed by atoms with Gasteiger partial charge in [0.05, 0.1) is 0 Å². The van der Waals surface area contributed by atoms with E-state index in [0.717, 1.165) is 31.6 Å². The van der Waals surface area contributed by atoms with Crippen molar-refractivity contribution in [1.29, 1.82) is 0 Å². The molecular formula is C15H25FN2. The highest BCUT2D eigenvalue weighted by Gasteiger charge is 2.11. The van der Waals surface area contributed by atoms with Crippen LogP contribution in [0.25, 0.3) is 0 Å². The van der Waals surface area contributed by atoms with Gasteiger partial charge in [-0.2, -0.15) is 0 Å². The average Bonchev–Trinajstić information content (AvgIpc) is 2.40. The van der Waals surface area contributed by atoms with E-state index in [1.54, 1.807) is 0 Å². The molecule has 0 aliphatic rings. The first-order valence-corrected chi connectivity index (χ1v) is 6.86. The van der Waals surface area contributed by atoms with Crippen molar-refractivity contribution in [3.63, 3.8) is 0 Å². The molecule has 0 spiro atoms. The molecule has 1 unspecified atom stereocenters. The SMILES string of the molecule is CCCN(CC)CCC(NC)c1ccc(F)cc1. The molecule has 1 atom stereocenters. The summed E-state index contributed by atoms with van der Waals surface area (Å²) in [4.78, 5) is 2.45. The summed E-state index contributed by atoms with van der Waals surface area (Å²) in [5.74, 6) is -0.172. The first kappa shape index (κ1) is 15.1. The Labute approximate surface area is 110 Å². The quantitative estimate of drug-likeness (QED) is 0.764. The summed E-state index contributed by atoms with van der Waals surface area (Å²) in [7, 11) is 1.96. The fourth-order valence-corrected chi connectivity index (χ4v) is 2.23. The first-order valence-electron chi connectivity index (χ1n) is 6.86. The van der Waals surface area contributed by atoms with Gasteiger partial charge in [0.15, 0.2) is 0 Å². The van der Waals surface area contributed by atoms with E-state index in [-0.39, 0.29) is 5.82 Å². The summed E-state index contributed by atoms with van der Waals surface area (Å²) in [5.41, 5.74) is 1.16. The first-order chi connectivity index (χ1) is 8.71. The van der Waals surface area contributed by atoms with E-state index >= 15 is 0 Å². The highest BCUT2D eigenvalue weighted by molar-refractivity contribution is 5.19. The molecule has 102 valence electrons. The van der Waals surface area contributed by atoms with Crippen LogP contribution < -0.4 is 5.32 Å². The highest BCUT2D eigenvalue weighted by Crippen LogP contribution is 2.17. The third-order valence-corrected chi connectivity index (χ3v) is 3.34. The zero-order valence-corrected chi connectivity index (χ0v) is 11.7. The lowest BCUT2D eigenvalue weighted by molar-refractivity contribution is 0.271. The van der Waals surface area contributed by atoms with Crippen LogP contribution in [-0.4, -0.2) is 31.6 Å². The van der Waals surface area contributed by atoms with Gasteiger partial charge in [-0.3, -0.25) is 0 Å². The lowest BCUT2D eigenvalue weighted by Crippen LogP contribution is -2.29. The Morgan fingerprint density at radius 1 is 1.17 bits per heavy atom. The second-order valence-corrected chi connectivity index (χ2v) is 4.62. The average molecular weight is 252 g/mol. The number of halogens is 1. The molecule has 1 aromatic carbocycles. The van der Waals surface area contributed by atoms with E-state index in [9.17, 15) is 4.39 Å². The molecule has 2 nitrogen and oxygen atoms in total. The molecule has 18 heavy (non-hydrogen) atoms. The molecule has 0 amide bonds.